The summed E-state index contributed by atoms with van der Waals surface area (Å²) >= 11 is 0. The molecule has 0 bridgehead atoms. The molecule has 4 aromatic rings. The zero-order chi connectivity index (χ0) is 40.7. The number of halogens is 2. The second-order valence-corrected chi connectivity index (χ2v) is 14.5. The number of hydrogen-bond donors (Lipinski definition) is 4. The maximum absolute atomic E-state index is 10.9. The Bertz CT molecular complexity index is 1860. The highest BCUT2D eigenvalue weighted by Crippen LogP contribution is 2.44. The first kappa shape index (κ1) is 43.6. The van der Waals surface area contributed by atoms with Crippen LogP contribution in [0.5, 0.6) is 40.2 Å². The molecule has 0 saturated heterocycles. The number of phenols is 2. The van der Waals surface area contributed by atoms with Crippen LogP contribution in [0, 0.1) is 20.5 Å². The third-order valence-corrected chi connectivity index (χ3v) is 9.36. The number of fused-ring (bicyclic) bond motifs is 2. The number of nitrogens with zero attached hydrogens (tertiary/aromatic N) is 2. The Hall–Kier alpha value is -4.14. The van der Waals surface area contributed by atoms with E-state index in [9.17, 15) is 10.2 Å². The van der Waals surface area contributed by atoms with Crippen LogP contribution in [0.15, 0.2) is 66.7 Å². The van der Waals surface area contributed by atoms with Gasteiger partial charge in [-0.1, -0.05) is 18.2 Å². The highest BCUT2D eigenvalue weighted by atomic mass is 35.7. The standard InChI is InChI=1S/C37H42N2O6.2ClHO4/c1-38-14-13-26-20-35(43-4)37(22-29(26)30(38)16-23-6-9-27(40)10-7-23)45-33-18-24(8-11-32(33)41)17-31-28-21-36(44-5)34(42-3)19-25(28)12-15-39(31)2;2*2-1(3,4)5/h6-11,18-22,30-31,40-41H,12-17H2,1-5H3;2*(H,2,3,4,5)/t30-,31?;;/m1../s1. The van der Waals surface area contributed by atoms with Crippen molar-refractivity contribution in [2.45, 2.75) is 37.8 Å². The molecule has 4 N–H and O–H groups in total. The molecule has 0 saturated carbocycles. The zero-order valence-electron chi connectivity index (χ0n) is 30.8. The average Bonchev–Trinajstić information content (AvgIpc) is 3.10. The number of benzene rings is 4. The fraction of sp³-hybridized carbons (Fsp3) is 0.351. The lowest BCUT2D eigenvalue weighted by Gasteiger charge is -2.35. The van der Waals surface area contributed by atoms with Crippen molar-refractivity contribution in [3.05, 3.63) is 100 Å². The van der Waals surface area contributed by atoms with Gasteiger partial charge in [-0.05, 0) is 122 Å². The third-order valence-electron chi connectivity index (χ3n) is 9.36. The van der Waals surface area contributed by atoms with Gasteiger partial charge in [0, 0.05) is 25.2 Å². The molecule has 2 aliphatic heterocycles. The van der Waals surface area contributed by atoms with E-state index in [1.54, 1.807) is 39.5 Å². The van der Waals surface area contributed by atoms with Crippen molar-refractivity contribution < 1.29 is 86.9 Å². The van der Waals surface area contributed by atoms with Crippen molar-refractivity contribution >= 4 is 0 Å². The SMILES string of the molecule is COc1cc2c(cc1OC)C(Cc1ccc(O)c(Oc3cc4c(cc3OC)CCN(C)[C@@H]4Cc3ccc(O)cc3)c1)N(C)CC2.[O-][Cl+3]([O-])([O-])O.[O-][Cl+3]([O-])([O-])O. The molecule has 1 unspecified atom stereocenters. The molecule has 0 amide bonds. The molecular weight excluding hydrogens is 767 g/mol. The molecule has 0 aliphatic carbocycles. The number of rotatable bonds is 9. The normalized spacial score (nSPS) is 17.0. The van der Waals surface area contributed by atoms with Crippen LogP contribution < -0.4 is 46.9 Å². The molecule has 18 heteroatoms. The summed E-state index contributed by atoms with van der Waals surface area (Å²) in [6.45, 7) is 1.86. The van der Waals surface area contributed by atoms with Gasteiger partial charge in [-0.3, -0.25) is 9.80 Å². The van der Waals surface area contributed by atoms with E-state index in [0.717, 1.165) is 61.4 Å². The first-order chi connectivity index (χ1) is 25.8. The van der Waals surface area contributed by atoms with Gasteiger partial charge in [-0.15, -0.1) is 0 Å². The lowest BCUT2D eigenvalue weighted by Crippen LogP contribution is -2.58. The first-order valence-corrected chi connectivity index (χ1v) is 19.2. The van der Waals surface area contributed by atoms with E-state index in [1.807, 2.05) is 24.3 Å². The predicted octanol–water partition coefficient (Wildman–Crippen LogP) is -1.79. The quantitative estimate of drug-likeness (QED) is 0.146. The Morgan fingerprint density at radius 2 is 0.982 bits per heavy atom. The van der Waals surface area contributed by atoms with E-state index < -0.39 is 20.5 Å². The summed E-state index contributed by atoms with van der Waals surface area (Å²) in [5.41, 5.74) is 7.07. The minimum absolute atomic E-state index is 0.0695. The monoisotopic (exact) mass is 810 g/mol. The van der Waals surface area contributed by atoms with Gasteiger partial charge in [0.2, 0.25) is 0 Å². The van der Waals surface area contributed by atoms with Gasteiger partial charge in [0.25, 0.3) is 0 Å². The predicted molar refractivity (Wildman–Crippen MR) is 179 cm³/mol. The van der Waals surface area contributed by atoms with Crippen LogP contribution in [-0.4, -0.2) is 77.8 Å². The maximum Gasteiger partial charge on any atom is 0.169 e. The summed E-state index contributed by atoms with van der Waals surface area (Å²) in [7, 11) is -0.127. The number of phenolic OH excluding ortho intramolecular Hbond substituents is 2. The summed E-state index contributed by atoms with van der Waals surface area (Å²) in [4.78, 5) is 4.71. The van der Waals surface area contributed by atoms with Crippen molar-refractivity contribution in [1.29, 1.82) is 0 Å². The van der Waals surface area contributed by atoms with Gasteiger partial charge >= 0.3 is 0 Å². The highest BCUT2D eigenvalue weighted by Gasteiger charge is 2.29. The molecule has 0 aromatic heterocycles. The highest BCUT2D eigenvalue weighted by molar-refractivity contribution is 5.54. The van der Waals surface area contributed by atoms with E-state index in [0.29, 0.717) is 17.2 Å². The van der Waals surface area contributed by atoms with Crippen LogP contribution in [-0.2, 0) is 25.7 Å². The van der Waals surface area contributed by atoms with Gasteiger partial charge in [-0.2, -0.15) is 28.0 Å². The van der Waals surface area contributed by atoms with Crippen molar-refractivity contribution in [2.75, 3.05) is 48.5 Å². The fourth-order valence-electron chi connectivity index (χ4n) is 6.72. The lowest BCUT2D eigenvalue weighted by molar-refractivity contribution is -1.92. The summed E-state index contributed by atoms with van der Waals surface area (Å²) < 4.78 is 88.9. The Balaban J connectivity index is 0.000000599. The van der Waals surface area contributed by atoms with Crippen LogP contribution in [0.2, 0.25) is 0 Å². The van der Waals surface area contributed by atoms with Crippen molar-refractivity contribution in [2.24, 2.45) is 0 Å². The fourth-order valence-corrected chi connectivity index (χ4v) is 6.72. The van der Waals surface area contributed by atoms with E-state index in [2.05, 4.69) is 48.2 Å². The summed E-state index contributed by atoms with van der Waals surface area (Å²) in [5.74, 6) is 3.38. The zero-order valence-corrected chi connectivity index (χ0v) is 32.3. The summed E-state index contributed by atoms with van der Waals surface area (Å²) in [6.07, 6.45) is 3.37. The Labute approximate surface area is 322 Å². The van der Waals surface area contributed by atoms with E-state index >= 15 is 0 Å². The molecule has 2 atom stereocenters. The Morgan fingerprint density at radius 1 is 0.582 bits per heavy atom. The number of methoxy groups -OCH3 is 3. The molecule has 55 heavy (non-hydrogen) atoms. The molecule has 0 spiro atoms. The number of aromatic hydroxyl groups is 2. The second kappa shape index (κ2) is 18.7. The van der Waals surface area contributed by atoms with E-state index in [-0.39, 0.29) is 23.6 Å². The summed E-state index contributed by atoms with van der Waals surface area (Å²) in [6, 6.07) is 21.6. The molecule has 2 aliphatic rings. The average molecular weight is 812 g/mol. The molecule has 2 heterocycles. The van der Waals surface area contributed by atoms with Gasteiger partial charge in [0.05, 0.1) is 51.1 Å². The molecule has 6 rings (SSSR count). The van der Waals surface area contributed by atoms with E-state index in [1.165, 1.54) is 22.3 Å². The number of likely N-dealkylation sites (N-methyl/N-ethyl adjacent to an activating group) is 2. The second-order valence-electron chi connectivity index (χ2n) is 12.9. The molecular formula is C37H44Cl2N2O14. The lowest BCUT2D eigenvalue weighted by atomic mass is 9.88. The van der Waals surface area contributed by atoms with E-state index in [4.69, 9.17) is 56.2 Å². The Kier molecular flexibility index (Phi) is 14.8. The number of hydrogen-bond acceptors (Lipinski definition) is 16. The Morgan fingerprint density at radius 3 is 1.45 bits per heavy atom. The van der Waals surface area contributed by atoms with Crippen LogP contribution >= 0.6 is 0 Å². The van der Waals surface area contributed by atoms with Crippen molar-refractivity contribution in [3.8, 4) is 40.2 Å². The molecule has 16 nitrogen and oxygen atoms in total. The minimum atomic E-state index is -4.69. The van der Waals surface area contributed by atoms with Crippen molar-refractivity contribution in [1.82, 2.24) is 9.80 Å². The van der Waals surface area contributed by atoms with Gasteiger partial charge in [-0.25, -0.2) is 0 Å². The van der Waals surface area contributed by atoms with Crippen LogP contribution in [0.25, 0.3) is 0 Å². The van der Waals surface area contributed by atoms with Crippen LogP contribution in [0.1, 0.15) is 45.5 Å². The van der Waals surface area contributed by atoms with Gasteiger partial charge in [0.15, 0.2) is 34.5 Å². The molecule has 300 valence electrons. The topological polar surface area (TPSA) is 263 Å². The summed E-state index contributed by atoms with van der Waals surface area (Å²) in [5, 5.41) is 20.7. The van der Waals surface area contributed by atoms with Gasteiger partial charge in [0.1, 0.15) is 5.75 Å². The van der Waals surface area contributed by atoms with Crippen molar-refractivity contribution in [3.63, 3.8) is 0 Å². The van der Waals surface area contributed by atoms with Crippen LogP contribution in [0.3, 0.4) is 0 Å². The third kappa shape index (κ3) is 12.7. The molecule has 0 radical (unpaired) electrons. The maximum atomic E-state index is 10.9. The smallest absolute Gasteiger partial charge is 0.169 e. The van der Waals surface area contributed by atoms with Gasteiger partial charge < -0.3 is 29.2 Å². The minimum Gasteiger partial charge on any atom is -0.508 e. The van der Waals surface area contributed by atoms with Crippen LogP contribution in [0.4, 0.5) is 0 Å². The largest absolute Gasteiger partial charge is 0.508 e. The molecule has 0 fully saturated rings. The molecule has 4 aromatic carbocycles. The first-order valence-electron chi connectivity index (χ1n) is 16.7. The number of ether oxygens (including phenoxy) is 4.